The highest BCUT2D eigenvalue weighted by molar-refractivity contribution is 5.68. The molecule has 1 unspecified atom stereocenters. The molecule has 188 valence electrons. The minimum atomic E-state index is 0.211. The maximum absolute atomic E-state index is 9.45. The fraction of sp³-hybridized carbons (Fsp3) is 0.467. The summed E-state index contributed by atoms with van der Waals surface area (Å²) >= 11 is 0. The van der Waals surface area contributed by atoms with E-state index in [2.05, 4.69) is 67.8 Å². The first-order chi connectivity index (χ1) is 17.0. The largest absolute Gasteiger partial charge is 0.496 e. The molecule has 5 nitrogen and oxygen atoms in total. The van der Waals surface area contributed by atoms with Gasteiger partial charge in [0.2, 0.25) is 0 Å². The molecule has 0 spiro atoms. The number of aliphatic hydroxyl groups excluding tert-OH is 1. The number of aryl methyl sites for hydroxylation is 3. The van der Waals surface area contributed by atoms with Crippen LogP contribution >= 0.6 is 0 Å². The van der Waals surface area contributed by atoms with Crippen molar-refractivity contribution in [1.82, 2.24) is 4.98 Å². The first-order valence-corrected chi connectivity index (χ1v) is 12.9. The van der Waals surface area contributed by atoms with Crippen molar-refractivity contribution in [3.8, 4) is 22.6 Å². The number of aliphatic hydroxyl groups is 1. The number of benzene rings is 1. The van der Waals surface area contributed by atoms with E-state index in [1.165, 1.54) is 33.4 Å². The first-order valence-electron chi connectivity index (χ1n) is 12.9. The van der Waals surface area contributed by atoms with Crippen molar-refractivity contribution in [2.24, 2.45) is 0 Å². The Morgan fingerprint density at radius 1 is 1.06 bits per heavy atom. The summed E-state index contributed by atoms with van der Waals surface area (Å²) in [6.45, 7) is 12.1. The average molecular weight is 478 g/mol. The van der Waals surface area contributed by atoms with Crippen LogP contribution in [0.1, 0.15) is 73.8 Å². The highest BCUT2D eigenvalue weighted by atomic mass is 16.5. The molecule has 3 rings (SSSR count). The van der Waals surface area contributed by atoms with Crippen molar-refractivity contribution < 1.29 is 19.1 Å². The summed E-state index contributed by atoms with van der Waals surface area (Å²) in [5.41, 5.74) is 8.32. The van der Waals surface area contributed by atoms with Crippen molar-refractivity contribution in [2.75, 3.05) is 20.3 Å². The lowest BCUT2D eigenvalue weighted by Crippen LogP contribution is -2.34. The van der Waals surface area contributed by atoms with Gasteiger partial charge in [0, 0.05) is 30.6 Å². The van der Waals surface area contributed by atoms with Crippen LogP contribution in [0.4, 0.5) is 0 Å². The van der Waals surface area contributed by atoms with Gasteiger partial charge in [-0.1, -0.05) is 13.8 Å². The van der Waals surface area contributed by atoms with Gasteiger partial charge in [0.1, 0.15) is 17.1 Å². The fourth-order valence-corrected chi connectivity index (χ4v) is 5.01. The summed E-state index contributed by atoms with van der Waals surface area (Å²) in [6.07, 6.45) is 11.7. The molecule has 0 amide bonds. The summed E-state index contributed by atoms with van der Waals surface area (Å²) in [4.78, 5) is 4.24. The second kappa shape index (κ2) is 12.7. The lowest BCUT2D eigenvalue weighted by molar-refractivity contribution is -0.688. The van der Waals surface area contributed by atoms with Crippen LogP contribution in [-0.4, -0.2) is 30.4 Å². The Hall–Kier alpha value is -2.92. The third kappa shape index (κ3) is 6.02. The van der Waals surface area contributed by atoms with Crippen LogP contribution < -0.4 is 14.0 Å². The summed E-state index contributed by atoms with van der Waals surface area (Å²) in [5, 5.41) is 9.45. The number of rotatable bonds is 12. The molecule has 1 atom stereocenters. The lowest BCUT2D eigenvalue weighted by atomic mass is 9.87. The quantitative estimate of drug-likeness (QED) is 0.328. The number of nitrogens with zero attached hydrogens (tertiary/aromatic N) is 2. The molecule has 2 heterocycles. The van der Waals surface area contributed by atoms with E-state index in [-0.39, 0.29) is 6.61 Å². The maximum atomic E-state index is 9.45. The van der Waals surface area contributed by atoms with Crippen LogP contribution in [-0.2, 0) is 13.0 Å². The zero-order valence-corrected chi connectivity index (χ0v) is 22.2. The minimum absolute atomic E-state index is 0.211. The van der Waals surface area contributed by atoms with Crippen LogP contribution in [0.25, 0.3) is 11.1 Å². The predicted molar refractivity (Wildman–Crippen MR) is 141 cm³/mol. The van der Waals surface area contributed by atoms with E-state index in [9.17, 15) is 5.11 Å². The first kappa shape index (κ1) is 26.7. The fourth-order valence-electron chi connectivity index (χ4n) is 5.01. The highest BCUT2D eigenvalue weighted by Gasteiger charge is 2.26. The number of hydrogen-bond donors (Lipinski definition) is 1. The molecule has 0 saturated carbocycles. The molecule has 0 fully saturated rings. The number of pyridine rings is 2. The topological polar surface area (TPSA) is 55.5 Å². The summed E-state index contributed by atoms with van der Waals surface area (Å²) in [7, 11) is 1.75. The Kier molecular flexibility index (Phi) is 9.67. The lowest BCUT2D eigenvalue weighted by Gasteiger charge is -2.24. The van der Waals surface area contributed by atoms with Gasteiger partial charge in [-0.15, -0.1) is 0 Å². The Balaban J connectivity index is 2.11. The van der Waals surface area contributed by atoms with Crippen molar-refractivity contribution >= 4 is 0 Å². The molecule has 35 heavy (non-hydrogen) atoms. The number of hydrogen-bond acceptors (Lipinski definition) is 4. The molecule has 3 aromatic rings. The van der Waals surface area contributed by atoms with E-state index >= 15 is 0 Å². The van der Waals surface area contributed by atoms with E-state index in [0.717, 1.165) is 42.7 Å². The Bertz CT molecular complexity index is 1130. The molecular formula is C30H41N2O3+. The summed E-state index contributed by atoms with van der Waals surface area (Å²) in [5.74, 6) is 2.18. The molecule has 0 aliphatic heterocycles. The maximum Gasteiger partial charge on any atom is 0.181 e. The van der Waals surface area contributed by atoms with Gasteiger partial charge in [-0.3, -0.25) is 4.98 Å². The highest BCUT2D eigenvalue weighted by Crippen LogP contribution is 2.42. The summed E-state index contributed by atoms with van der Waals surface area (Å²) in [6, 6.07) is 6.53. The predicted octanol–water partition coefficient (Wildman–Crippen LogP) is 5.94. The van der Waals surface area contributed by atoms with Crippen molar-refractivity contribution in [2.45, 2.75) is 72.8 Å². The van der Waals surface area contributed by atoms with Gasteiger partial charge in [0.25, 0.3) is 0 Å². The van der Waals surface area contributed by atoms with Crippen LogP contribution in [0.2, 0.25) is 0 Å². The van der Waals surface area contributed by atoms with E-state index in [4.69, 9.17) is 9.47 Å². The van der Waals surface area contributed by atoms with Crippen molar-refractivity contribution in [1.29, 1.82) is 0 Å². The molecule has 0 aliphatic rings. The third-order valence-electron chi connectivity index (χ3n) is 6.82. The SMILES string of the molecule is CCOc1c(C(CC)CCCO)cc(CC)c(OC)c1C[n+]1ccc(-c2ccncc2C)c(C)c1. The Labute approximate surface area is 210 Å². The number of ether oxygens (including phenoxy) is 2. The Morgan fingerprint density at radius 2 is 1.83 bits per heavy atom. The van der Waals surface area contributed by atoms with E-state index < -0.39 is 0 Å². The molecule has 5 heteroatoms. The van der Waals surface area contributed by atoms with Gasteiger partial charge in [-0.25, -0.2) is 4.57 Å². The zero-order valence-electron chi connectivity index (χ0n) is 22.2. The summed E-state index contributed by atoms with van der Waals surface area (Å²) < 4.78 is 14.5. The van der Waals surface area contributed by atoms with Crippen LogP contribution in [0, 0.1) is 13.8 Å². The van der Waals surface area contributed by atoms with Gasteiger partial charge in [-0.2, -0.15) is 0 Å². The molecule has 0 aliphatic carbocycles. The second-order valence-corrected chi connectivity index (χ2v) is 9.13. The normalized spacial score (nSPS) is 12.0. The number of aromatic nitrogens is 2. The van der Waals surface area contributed by atoms with Crippen molar-refractivity contribution in [3.63, 3.8) is 0 Å². The Morgan fingerprint density at radius 3 is 2.43 bits per heavy atom. The van der Waals surface area contributed by atoms with Gasteiger partial charge < -0.3 is 14.6 Å². The van der Waals surface area contributed by atoms with E-state index in [0.29, 0.717) is 19.1 Å². The van der Waals surface area contributed by atoms with Crippen molar-refractivity contribution in [3.05, 3.63) is 70.8 Å². The zero-order chi connectivity index (χ0) is 25.4. The molecule has 1 aromatic carbocycles. The van der Waals surface area contributed by atoms with Gasteiger partial charge >= 0.3 is 0 Å². The smallest absolute Gasteiger partial charge is 0.181 e. The van der Waals surface area contributed by atoms with Crippen LogP contribution in [0.15, 0.2) is 43.0 Å². The molecule has 1 N–H and O–H groups in total. The molecule has 0 radical (unpaired) electrons. The van der Waals surface area contributed by atoms with Crippen LogP contribution in [0.5, 0.6) is 11.5 Å². The van der Waals surface area contributed by atoms with E-state index in [1.807, 2.05) is 19.3 Å². The average Bonchev–Trinajstić information content (AvgIpc) is 2.86. The molecule has 2 aromatic heterocycles. The van der Waals surface area contributed by atoms with E-state index in [1.54, 1.807) is 7.11 Å². The van der Waals surface area contributed by atoms with Gasteiger partial charge in [0.05, 0.1) is 13.7 Å². The van der Waals surface area contributed by atoms with Gasteiger partial charge in [0.15, 0.2) is 18.9 Å². The second-order valence-electron chi connectivity index (χ2n) is 9.13. The third-order valence-corrected chi connectivity index (χ3v) is 6.82. The van der Waals surface area contributed by atoms with Crippen LogP contribution in [0.3, 0.4) is 0 Å². The van der Waals surface area contributed by atoms with Gasteiger partial charge in [-0.05, 0) is 92.3 Å². The molecule has 0 bridgehead atoms. The number of methoxy groups -OCH3 is 1. The molecular weight excluding hydrogens is 436 g/mol. The molecule has 0 saturated heterocycles. The minimum Gasteiger partial charge on any atom is -0.496 e. The standard InChI is InChI=1S/C30H41N2O3/c1-7-23(11-10-16-33)27-17-24(8-2)29(34-6)28(30(27)35-9-3)20-32-15-13-26(22(5)19-32)25-12-14-31-18-21(25)4/h12-15,17-19,23,33H,7-11,16,20H2,1-6H3/q+1. The monoisotopic (exact) mass is 477 g/mol.